The Kier molecular flexibility index (Phi) is 4.23. The van der Waals surface area contributed by atoms with Gasteiger partial charge in [0.2, 0.25) is 5.91 Å². The molecule has 0 atom stereocenters. The lowest BCUT2D eigenvalue weighted by Crippen LogP contribution is -2.20. The van der Waals surface area contributed by atoms with Crippen molar-refractivity contribution in [2.45, 2.75) is 25.7 Å². The number of carbonyl (C=O) groups excluding carboxylic acids is 1. The van der Waals surface area contributed by atoms with Crippen molar-refractivity contribution in [1.29, 1.82) is 0 Å². The Bertz CT molecular complexity index is 1230. The molecule has 1 aliphatic rings. The van der Waals surface area contributed by atoms with Crippen molar-refractivity contribution >= 4 is 22.5 Å². The average molecular weight is 390 g/mol. The molecule has 2 heterocycles. The monoisotopic (exact) mass is 390 g/mol. The number of benzene rings is 2. The molecule has 0 aliphatic heterocycles. The lowest BCUT2D eigenvalue weighted by molar-refractivity contribution is -0.119. The van der Waals surface area contributed by atoms with Crippen LogP contribution in [0.4, 0.5) is 5.69 Å². The number of hydrogen-bond acceptors (Lipinski definition) is 6. The van der Waals surface area contributed by atoms with Gasteiger partial charge in [-0.05, 0) is 55.3 Å². The predicted octanol–water partition coefficient (Wildman–Crippen LogP) is 3.97. The smallest absolute Gasteiger partial charge is 0.355 e. The van der Waals surface area contributed by atoms with Crippen LogP contribution in [-0.4, -0.2) is 21.2 Å². The zero-order valence-electron chi connectivity index (χ0n) is 15.5. The normalized spacial score (nSPS) is 14.5. The van der Waals surface area contributed by atoms with Crippen molar-refractivity contribution in [3.05, 3.63) is 53.0 Å². The first-order valence-electron chi connectivity index (χ1n) is 9.54. The fourth-order valence-corrected chi connectivity index (χ4v) is 3.79. The van der Waals surface area contributed by atoms with Crippen molar-refractivity contribution in [3.8, 4) is 22.7 Å². The molecule has 146 valence electrons. The molecule has 2 N–H and O–H groups in total. The Balaban J connectivity index is 1.42. The topological polar surface area (TPSA) is 114 Å². The number of aromatic nitrogens is 3. The van der Waals surface area contributed by atoms with E-state index in [1.807, 2.05) is 30.3 Å². The highest BCUT2D eigenvalue weighted by atomic mass is 16.5. The zero-order valence-corrected chi connectivity index (χ0v) is 15.5. The molecule has 0 unspecified atom stereocenters. The van der Waals surface area contributed by atoms with Gasteiger partial charge in [-0.1, -0.05) is 23.2 Å². The number of rotatable bonds is 4. The van der Waals surface area contributed by atoms with Crippen LogP contribution in [0.25, 0.3) is 33.6 Å². The van der Waals surface area contributed by atoms with E-state index in [1.165, 1.54) is 0 Å². The van der Waals surface area contributed by atoms with Crippen LogP contribution in [-0.2, 0) is 4.79 Å². The van der Waals surface area contributed by atoms with Crippen LogP contribution in [0.2, 0.25) is 0 Å². The van der Waals surface area contributed by atoms with E-state index in [-0.39, 0.29) is 11.8 Å². The third-order valence-corrected chi connectivity index (χ3v) is 5.33. The third kappa shape index (κ3) is 3.33. The second-order valence-corrected chi connectivity index (χ2v) is 7.24. The second-order valence-electron chi connectivity index (χ2n) is 7.24. The minimum Gasteiger partial charge on any atom is -0.355 e. The van der Waals surface area contributed by atoms with E-state index in [0.717, 1.165) is 42.3 Å². The lowest BCUT2D eigenvalue weighted by Gasteiger charge is -2.10. The van der Waals surface area contributed by atoms with Gasteiger partial charge in [-0.15, -0.1) is 0 Å². The van der Waals surface area contributed by atoms with Gasteiger partial charge in [0, 0.05) is 22.7 Å². The first-order valence-corrected chi connectivity index (χ1v) is 9.54. The molecular formula is C21H18N4O4. The summed E-state index contributed by atoms with van der Waals surface area (Å²) in [5.41, 5.74) is 2.97. The van der Waals surface area contributed by atoms with Crippen molar-refractivity contribution in [2.24, 2.45) is 5.92 Å². The number of anilines is 1. The number of H-pyrrole nitrogens is 1. The molecule has 2 aromatic heterocycles. The molecule has 0 radical (unpaired) electrons. The Morgan fingerprint density at radius 3 is 2.48 bits per heavy atom. The summed E-state index contributed by atoms with van der Waals surface area (Å²) in [6.45, 7) is 0. The van der Waals surface area contributed by atoms with Gasteiger partial charge in [-0.3, -0.25) is 14.3 Å². The van der Waals surface area contributed by atoms with Gasteiger partial charge in [-0.2, -0.15) is 0 Å². The predicted molar refractivity (Wildman–Crippen MR) is 106 cm³/mol. The number of carbonyl (C=O) groups is 1. The van der Waals surface area contributed by atoms with Crippen LogP contribution in [0.1, 0.15) is 25.7 Å². The summed E-state index contributed by atoms with van der Waals surface area (Å²) in [4.78, 5) is 26.0. The second kappa shape index (κ2) is 7.05. The quantitative estimate of drug-likeness (QED) is 0.545. The molecule has 1 saturated carbocycles. The number of nitrogens with one attached hydrogen (secondary N) is 2. The fourth-order valence-electron chi connectivity index (χ4n) is 3.79. The Labute approximate surface area is 164 Å². The summed E-state index contributed by atoms with van der Waals surface area (Å²) in [6.07, 6.45) is 4.18. The highest BCUT2D eigenvalue weighted by Crippen LogP contribution is 2.32. The summed E-state index contributed by atoms with van der Waals surface area (Å²) in [5, 5.41) is 11.6. The molecule has 29 heavy (non-hydrogen) atoms. The highest BCUT2D eigenvalue weighted by Gasteiger charge is 2.22. The largest absolute Gasteiger partial charge is 0.439 e. The van der Waals surface area contributed by atoms with E-state index >= 15 is 0 Å². The molecule has 4 aromatic rings. The Hall–Kier alpha value is -3.68. The van der Waals surface area contributed by atoms with Crippen LogP contribution >= 0.6 is 0 Å². The van der Waals surface area contributed by atoms with Gasteiger partial charge in [0.1, 0.15) is 5.52 Å². The van der Waals surface area contributed by atoms with Crippen LogP contribution in [0.15, 0.2) is 56.3 Å². The van der Waals surface area contributed by atoms with E-state index in [4.69, 9.17) is 4.52 Å². The van der Waals surface area contributed by atoms with Gasteiger partial charge in [0.25, 0.3) is 0 Å². The Morgan fingerprint density at radius 1 is 1.00 bits per heavy atom. The first-order chi connectivity index (χ1) is 14.2. The highest BCUT2D eigenvalue weighted by molar-refractivity contribution is 5.95. The molecule has 1 amide bonds. The number of fused-ring (bicyclic) bond motifs is 1. The first kappa shape index (κ1) is 17.4. The molecule has 8 heteroatoms. The molecule has 2 aromatic carbocycles. The number of hydrogen-bond donors (Lipinski definition) is 2. The maximum absolute atomic E-state index is 12.3. The van der Waals surface area contributed by atoms with Crippen molar-refractivity contribution in [1.82, 2.24) is 15.3 Å². The van der Waals surface area contributed by atoms with E-state index in [2.05, 4.69) is 25.1 Å². The van der Waals surface area contributed by atoms with E-state index < -0.39 is 5.76 Å². The Morgan fingerprint density at radius 2 is 1.76 bits per heavy atom. The minimum absolute atomic E-state index is 0.0895. The van der Waals surface area contributed by atoms with E-state index in [0.29, 0.717) is 22.7 Å². The van der Waals surface area contributed by atoms with Gasteiger partial charge in [0.15, 0.2) is 11.6 Å². The van der Waals surface area contributed by atoms with Crippen molar-refractivity contribution in [2.75, 3.05) is 5.32 Å². The molecule has 1 aliphatic carbocycles. The molecule has 0 saturated heterocycles. The van der Waals surface area contributed by atoms with Gasteiger partial charge in [-0.25, -0.2) is 4.79 Å². The summed E-state index contributed by atoms with van der Waals surface area (Å²) < 4.78 is 10.1. The van der Waals surface area contributed by atoms with Gasteiger partial charge >= 0.3 is 5.76 Å². The lowest BCUT2D eigenvalue weighted by atomic mass is 10.0. The number of nitrogens with zero attached hydrogens (tertiary/aromatic N) is 2. The van der Waals surface area contributed by atoms with Gasteiger partial charge in [0.05, 0.1) is 5.39 Å². The molecular weight excluding hydrogens is 372 g/mol. The standard InChI is InChI=1S/C21H18N4O4/c26-20(13-3-1-2-4-13)22-15-8-5-12(6-9-15)18-16-11-14(7-10-17(16)24-28-18)19-23-21(27)29-25-19/h5-11,13H,1-4H2,(H,22,26)(H,23,25,27). The summed E-state index contributed by atoms with van der Waals surface area (Å²) in [7, 11) is 0. The summed E-state index contributed by atoms with van der Waals surface area (Å²) in [6, 6.07) is 12.9. The van der Waals surface area contributed by atoms with E-state index in [1.54, 1.807) is 12.1 Å². The third-order valence-electron chi connectivity index (χ3n) is 5.33. The van der Waals surface area contributed by atoms with Crippen LogP contribution in [0.5, 0.6) is 0 Å². The van der Waals surface area contributed by atoms with E-state index in [9.17, 15) is 9.59 Å². The molecule has 0 spiro atoms. The molecule has 5 rings (SSSR count). The summed E-state index contributed by atoms with van der Waals surface area (Å²) in [5.74, 6) is 0.539. The summed E-state index contributed by atoms with van der Waals surface area (Å²) >= 11 is 0. The fraction of sp³-hybridized carbons (Fsp3) is 0.238. The maximum Gasteiger partial charge on any atom is 0.439 e. The molecule has 1 fully saturated rings. The average Bonchev–Trinajstić information content (AvgIpc) is 3.49. The SMILES string of the molecule is O=C(Nc1ccc(-c2onc3ccc(-c4noc(=O)[nH]4)cc23)cc1)C1CCCC1. The van der Waals surface area contributed by atoms with Crippen LogP contribution in [0, 0.1) is 5.92 Å². The van der Waals surface area contributed by atoms with Crippen LogP contribution in [0.3, 0.4) is 0 Å². The number of amides is 1. The molecule has 0 bridgehead atoms. The van der Waals surface area contributed by atoms with Crippen molar-refractivity contribution < 1.29 is 13.8 Å². The van der Waals surface area contributed by atoms with Crippen LogP contribution < -0.4 is 11.1 Å². The zero-order chi connectivity index (χ0) is 19.8. The van der Waals surface area contributed by atoms with Gasteiger partial charge < -0.3 is 9.84 Å². The maximum atomic E-state index is 12.3. The minimum atomic E-state index is -0.610. The number of aromatic amines is 1. The van der Waals surface area contributed by atoms with Crippen molar-refractivity contribution in [3.63, 3.8) is 0 Å². The molecule has 8 nitrogen and oxygen atoms in total.